The summed E-state index contributed by atoms with van der Waals surface area (Å²) in [6.45, 7) is 2.67. The highest BCUT2D eigenvalue weighted by Crippen LogP contribution is 2.34. The average molecular weight is 540 g/mol. The van der Waals surface area contributed by atoms with Crippen molar-refractivity contribution in [1.29, 1.82) is 0 Å². The van der Waals surface area contributed by atoms with Crippen molar-refractivity contribution < 1.29 is 18.7 Å². The van der Waals surface area contributed by atoms with Gasteiger partial charge in [-0.15, -0.1) is 0 Å². The van der Waals surface area contributed by atoms with Crippen molar-refractivity contribution >= 4 is 39.6 Å². The normalized spacial score (nSPS) is 10.8. The zero-order valence-electron chi connectivity index (χ0n) is 22.1. The Balaban J connectivity index is 1.41. The Hall–Kier alpha value is -5.21. The largest absolute Gasteiger partial charge is 0.490 e. The number of carbonyl (C=O) groups excluding carboxylic acids is 1. The van der Waals surface area contributed by atoms with E-state index in [1.54, 1.807) is 49.6 Å². The molecule has 202 valence electrons. The number of hydrogen-bond donors (Lipinski definition) is 2. The molecule has 0 radical (unpaired) electrons. The van der Waals surface area contributed by atoms with Crippen molar-refractivity contribution in [3.05, 3.63) is 73.2 Å². The standard InChI is InChI=1S/C29H26FN7O3/c1-4-5-28(38)35-24-16-21-23(17-26(24)39-13-12-36(2)3)32-18-33-29(21)34-19-6-7-25(22(30)14-19)40-20-8-10-37-11-9-31-27(37)15-20/h6-11,14-18H,12-13H2,1-3H3,(H,35,38)(H,32,33,34). The van der Waals surface area contributed by atoms with Crippen molar-refractivity contribution in [2.24, 2.45) is 0 Å². The van der Waals surface area contributed by atoms with Crippen LogP contribution in [0.25, 0.3) is 16.6 Å². The van der Waals surface area contributed by atoms with Gasteiger partial charge in [0.2, 0.25) is 0 Å². The lowest BCUT2D eigenvalue weighted by Crippen LogP contribution is -2.20. The molecule has 40 heavy (non-hydrogen) atoms. The third-order valence-electron chi connectivity index (χ3n) is 5.81. The molecular weight excluding hydrogens is 513 g/mol. The minimum absolute atomic E-state index is 0.0653. The molecule has 3 heterocycles. The maximum absolute atomic E-state index is 15.0. The first-order chi connectivity index (χ1) is 19.4. The lowest BCUT2D eigenvalue weighted by Gasteiger charge is -2.16. The number of nitrogens with one attached hydrogen (secondary N) is 2. The van der Waals surface area contributed by atoms with Crippen LogP contribution in [0.4, 0.5) is 21.6 Å². The Morgan fingerprint density at radius 1 is 1.07 bits per heavy atom. The number of carbonyl (C=O) groups is 1. The smallest absolute Gasteiger partial charge is 0.300 e. The molecule has 0 fully saturated rings. The van der Waals surface area contributed by atoms with Crippen LogP contribution in [0.1, 0.15) is 6.92 Å². The molecule has 0 aliphatic heterocycles. The molecule has 0 bridgehead atoms. The highest BCUT2D eigenvalue weighted by Gasteiger charge is 2.14. The van der Waals surface area contributed by atoms with Crippen LogP contribution in [0.15, 0.2) is 67.4 Å². The quantitative estimate of drug-likeness (QED) is 0.256. The van der Waals surface area contributed by atoms with E-state index in [2.05, 4.69) is 37.4 Å². The number of rotatable bonds is 9. The SMILES string of the molecule is CC#CC(=O)Nc1cc2c(Nc3ccc(Oc4ccn5ccnc5c4)c(F)c3)ncnc2cc1OCCN(C)C. The zero-order valence-corrected chi connectivity index (χ0v) is 22.1. The summed E-state index contributed by atoms with van der Waals surface area (Å²) in [7, 11) is 3.88. The number of ether oxygens (including phenoxy) is 2. The van der Waals surface area contributed by atoms with Crippen LogP contribution in [0.2, 0.25) is 0 Å². The number of benzene rings is 2. The molecule has 2 aromatic carbocycles. The molecule has 10 nitrogen and oxygen atoms in total. The van der Waals surface area contributed by atoms with E-state index >= 15 is 4.39 Å². The van der Waals surface area contributed by atoms with Crippen molar-refractivity contribution in [1.82, 2.24) is 24.3 Å². The monoisotopic (exact) mass is 539 g/mol. The molecule has 0 aliphatic rings. The Morgan fingerprint density at radius 3 is 2.75 bits per heavy atom. The van der Waals surface area contributed by atoms with Gasteiger partial charge in [-0.3, -0.25) is 4.79 Å². The summed E-state index contributed by atoms with van der Waals surface area (Å²) in [5.74, 6) is 5.41. The minimum Gasteiger partial charge on any atom is -0.490 e. The van der Waals surface area contributed by atoms with Gasteiger partial charge in [-0.1, -0.05) is 5.92 Å². The van der Waals surface area contributed by atoms with Crippen LogP contribution in [-0.4, -0.2) is 57.4 Å². The number of anilines is 3. The van der Waals surface area contributed by atoms with Crippen LogP contribution < -0.4 is 20.1 Å². The molecule has 5 aromatic rings. The molecule has 0 unspecified atom stereocenters. The summed E-state index contributed by atoms with van der Waals surface area (Å²) in [6.07, 6.45) is 6.67. The summed E-state index contributed by atoms with van der Waals surface area (Å²) in [5.41, 5.74) is 2.13. The van der Waals surface area contributed by atoms with Gasteiger partial charge in [0.05, 0.1) is 11.2 Å². The molecule has 3 aromatic heterocycles. The van der Waals surface area contributed by atoms with Gasteiger partial charge >= 0.3 is 0 Å². The fourth-order valence-electron chi connectivity index (χ4n) is 3.89. The first kappa shape index (κ1) is 26.4. The second-order valence-electron chi connectivity index (χ2n) is 9.00. The lowest BCUT2D eigenvalue weighted by atomic mass is 10.1. The van der Waals surface area contributed by atoms with Gasteiger partial charge in [0, 0.05) is 54.4 Å². The highest BCUT2D eigenvalue weighted by molar-refractivity contribution is 6.06. The lowest BCUT2D eigenvalue weighted by molar-refractivity contribution is -0.111. The maximum atomic E-state index is 15.0. The fourth-order valence-corrected chi connectivity index (χ4v) is 3.89. The predicted octanol–water partition coefficient (Wildman–Crippen LogP) is 4.85. The van der Waals surface area contributed by atoms with E-state index in [0.29, 0.717) is 58.4 Å². The van der Waals surface area contributed by atoms with E-state index in [1.165, 1.54) is 18.5 Å². The van der Waals surface area contributed by atoms with Crippen molar-refractivity contribution in [2.75, 3.05) is 37.9 Å². The average Bonchev–Trinajstić information content (AvgIpc) is 3.39. The first-order valence-electron chi connectivity index (χ1n) is 12.4. The van der Waals surface area contributed by atoms with Crippen LogP contribution in [0.5, 0.6) is 17.2 Å². The van der Waals surface area contributed by atoms with Crippen LogP contribution in [-0.2, 0) is 4.79 Å². The Kier molecular flexibility index (Phi) is 7.70. The number of fused-ring (bicyclic) bond motifs is 2. The topological polar surface area (TPSA) is 106 Å². The maximum Gasteiger partial charge on any atom is 0.300 e. The second kappa shape index (κ2) is 11.7. The summed E-state index contributed by atoms with van der Waals surface area (Å²) in [6, 6.07) is 11.4. The summed E-state index contributed by atoms with van der Waals surface area (Å²) < 4.78 is 28.5. The molecule has 2 N–H and O–H groups in total. The fraction of sp³-hybridized carbons (Fsp3) is 0.172. The molecule has 1 amide bonds. The van der Waals surface area contributed by atoms with Gasteiger partial charge in [-0.2, -0.15) is 0 Å². The molecule has 11 heteroatoms. The van der Waals surface area contributed by atoms with Gasteiger partial charge in [0.15, 0.2) is 11.6 Å². The van der Waals surface area contributed by atoms with E-state index < -0.39 is 11.7 Å². The number of imidazole rings is 1. The highest BCUT2D eigenvalue weighted by atomic mass is 19.1. The van der Waals surface area contributed by atoms with Crippen molar-refractivity contribution in [3.8, 4) is 29.1 Å². The Morgan fingerprint density at radius 2 is 1.95 bits per heavy atom. The third kappa shape index (κ3) is 6.09. The van der Waals surface area contributed by atoms with E-state index in [-0.39, 0.29) is 5.75 Å². The van der Waals surface area contributed by atoms with Crippen molar-refractivity contribution in [2.45, 2.75) is 6.92 Å². The number of aromatic nitrogens is 4. The number of nitrogens with zero attached hydrogens (tertiary/aromatic N) is 5. The van der Waals surface area contributed by atoms with E-state index in [0.717, 1.165) is 0 Å². The Labute approximate surface area is 229 Å². The minimum atomic E-state index is -0.561. The van der Waals surface area contributed by atoms with Gasteiger partial charge in [0.25, 0.3) is 5.91 Å². The number of halogens is 1. The number of likely N-dealkylation sites (N-methyl/N-ethyl adjacent to an activating group) is 1. The number of pyridine rings is 1. The molecule has 0 saturated heterocycles. The molecule has 0 spiro atoms. The summed E-state index contributed by atoms with van der Waals surface area (Å²) >= 11 is 0. The van der Waals surface area contributed by atoms with Crippen LogP contribution >= 0.6 is 0 Å². The van der Waals surface area contributed by atoms with Gasteiger partial charge < -0.3 is 29.4 Å². The molecule has 0 aliphatic carbocycles. The van der Waals surface area contributed by atoms with E-state index in [9.17, 15) is 4.79 Å². The number of hydrogen-bond acceptors (Lipinski definition) is 8. The van der Waals surface area contributed by atoms with E-state index in [4.69, 9.17) is 9.47 Å². The van der Waals surface area contributed by atoms with Gasteiger partial charge in [0.1, 0.15) is 35.9 Å². The Bertz CT molecular complexity index is 1760. The van der Waals surface area contributed by atoms with Gasteiger partial charge in [-0.05, 0) is 51.2 Å². The second-order valence-corrected chi connectivity index (χ2v) is 9.00. The van der Waals surface area contributed by atoms with Gasteiger partial charge in [-0.25, -0.2) is 19.3 Å². The van der Waals surface area contributed by atoms with Crippen LogP contribution in [0, 0.1) is 17.7 Å². The molecule has 0 saturated carbocycles. The third-order valence-corrected chi connectivity index (χ3v) is 5.81. The summed E-state index contributed by atoms with van der Waals surface area (Å²) in [5, 5.41) is 6.49. The van der Waals surface area contributed by atoms with Crippen molar-refractivity contribution in [3.63, 3.8) is 0 Å². The van der Waals surface area contributed by atoms with E-state index in [1.807, 2.05) is 29.6 Å². The molecule has 0 atom stereocenters. The molecule has 5 rings (SSSR count). The summed E-state index contributed by atoms with van der Waals surface area (Å²) in [4.78, 5) is 27.2. The number of amides is 1. The first-order valence-corrected chi connectivity index (χ1v) is 12.4. The van der Waals surface area contributed by atoms with Crippen LogP contribution in [0.3, 0.4) is 0 Å². The molecular formula is C29H26FN7O3. The predicted molar refractivity (Wildman–Crippen MR) is 151 cm³/mol. The zero-order chi connectivity index (χ0) is 28.1.